The largest absolute Gasteiger partial charge is 0.497 e. The molecule has 1 N–H and O–H groups in total. The molecule has 1 fully saturated rings. The van der Waals surface area contributed by atoms with Crippen LogP contribution < -0.4 is 10.1 Å². The molecule has 110 valence electrons. The molecule has 1 saturated heterocycles. The molecule has 1 aromatic rings. The number of ether oxygens (including phenoxy) is 1. The quantitative estimate of drug-likeness (QED) is 0.917. The van der Waals surface area contributed by atoms with E-state index in [0.717, 1.165) is 12.2 Å². The number of nitrogens with one attached hydrogen (secondary N) is 1. The van der Waals surface area contributed by atoms with E-state index in [9.17, 15) is 0 Å². The molecule has 0 radical (unpaired) electrons. The lowest BCUT2D eigenvalue weighted by atomic mass is 9.98. The highest BCUT2D eigenvalue weighted by Gasteiger charge is 2.43. The Morgan fingerprint density at radius 3 is 2.75 bits per heavy atom. The zero-order valence-corrected chi connectivity index (χ0v) is 13.1. The van der Waals surface area contributed by atoms with E-state index in [1.807, 2.05) is 0 Å². The first-order valence-corrected chi connectivity index (χ1v) is 7.67. The van der Waals surface area contributed by atoms with Crippen LogP contribution in [0.15, 0.2) is 18.2 Å². The van der Waals surface area contributed by atoms with Crippen LogP contribution in [-0.4, -0.2) is 37.2 Å². The fourth-order valence-corrected chi connectivity index (χ4v) is 4.11. The molecule has 1 aliphatic carbocycles. The molecular weight excluding hydrogens is 248 g/mol. The molecule has 1 aliphatic heterocycles. The summed E-state index contributed by atoms with van der Waals surface area (Å²) in [6.45, 7) is 5.99. The smallest absolute Gasteiger partial charge is 0.119 e. The number of benzene rings is 1. The molecule has 2 aliphatic rings. The van der Waals surface area contributed by atoms with Gasteiger partial charge in [-0.1, -0.05) is 6.07 Å². The van der Waals surface area contributed by atoms with E-state index in [1.165, 1.54) is 30.5 Å². The number of hydrogen-bond donors (Lipinski definition) is 1. The van der Waals surface area contributed by atoms with Crippen molar-refractivity contribution < 1.29 is 4.74 Å². The Morgan fingerprint density at radius 2 is 2.15 bits per heavy atom. The molecule has 2 unspecified atom stereocenters. The summed E-state index contributed by atoms with van der Waals surface area (Å²) in [5.74, 6) is 0.963. The lowest BCUT2D eigenvalue weighted by Gasteiger charge is -2.39. The lowest BCUT2D eigenvalue weighted by Crippen LogP contribution is -2.49. The number of likely N-dealkylation sites (tertiary alicyclic amines) is 1. The van der Waals surface area contributed by atoms with Crippen molar-refractivity contribution in [3.8, 4) is 5.75 Å². The van der Waals surface area contributed by atoms with Crippen LogP contribution in [0.3, 0.4) is 0 Å². The van der Waals surface area contributed by atoms with E-state index in [0.29, 0.717) is 17.6 Å². The lowest BCUT2D eigenvalue weighted by molar-refractivity contribution is 0.0979. The summed E-state index contributed by atoms with van der Waals surface area (Å²) in [5.41, 5.74) is 3.21. The Morgan fingerprint density at radius 1 is 1.35 bits per heavy atom. The van der Waals surface area contributed by atoms with Crippen molar-refractivity contribution in [2.75, 3.05) is 20.7 Å². The Labute approximate surface area is 122 Å². The van der Waals surface area contributed by atoms with E-state index in [1.54, 1.807) is 7.11 Å². The molecule has 0 amide bonds. The van der Waals surface area contributed by atoms with Crippen LogP contribution in [0, 0.1) is 0 Å². The maximum absolute atomic E-state index is 5.39. The van der Waals surface area contributed by atoms with E-state index >= 15 is 0 Å². The normalized spacial score (nSPS) is 28.6. The van der Waals surface area contributed by atoms with Crippen LogP contribution in [0.1, 0.15) is 43.9 Å². The van der Waals surface area contributed by atoms with Gasteiger partial charge in [-0.05, 0) is 70.0 Å². The average molecular weight is 274 g/mol. The molecule has 20 heavy (non-hydrogen) atoms. The Bertz CT molecular complexity index is 498. The van der Waals surface area contributed by atoms with Gasteiger partial charge in [-0.2, -0.15) is 0 Å². The topological polar surface area (TPSA) is 24.5 Å². The van der Waals surface area contributed by atoms with Gasteiger partial charge < -0.3 is 10.1 Å². The molecule has 1 aromatic carbocycles. The van der Waals surface area contributed by atoms with Crippen LogP contribution in [0.5, 0.6) is 5.75 Å². The molecule has 3 heteroatoms. The van der Waals surface area contributed by atoms with Crippen LogP contribution >= 0.6 is 0 Å². The standard InChI is InChI=1S/C17H26N2O/c1-17(2)8-5-9-19(17)15-10-12-6-7-13(20-4)11-14(12)16(15)18-3/h6-7,11,15-16,18H,5,8-10H2,1-4H3. The second-order valence-corrected chi connectivity index (χ2v) is 6.71. The minimum absolute atomic E-state index is 0.325. The summed E-state index contributed by atoms with van der Waals surface area (Å²) in [6, 6.07) is 7.52. The minimum Gasteiger partial charge on any atom is -0.497 e. The molecule has 3 rings (SSSR count). The van der Waals surface area contributed by atoms with Crippen LogP contribution in [0.2, 0.25) is 0 Å². The minimum atomic E-state index is 0.325. The molecule has 3 nitrogen and oxygen atoms in total. The summed E-state index contributed by atoms with van der Waals surface area (Å²) in [4.78, 5) is 2.71. The summed E-state index contributed by atoms with van der Waals surface area (Å²) >= 11 is 0. The van der Waals surface area contributed by atoms with Gasteiger partial charge >= 0.3 is 0 Å². The Hall–Kier alpha value is -1.06. The predicted molar refractivity (Wildman–Crippen MR) is 82.3 cm³/mol. The van der Waals surface area contributed by atoms with Gasteiger partial charge in [-0.3, -0.25) is 4.90 Å². The van der Waals surface area contributed by atoms with Crippen molar-refractivity contribution in [3.63, 3.8) is 0 Å². The highest BCUT2D eigenvalue weighted by molar-refractivity contribution is 5.43. The number of rotatable bonds is 3. The summed E-state index contributed by atoms with van der Waals surface area (Å²) in [6.07, 6.45) is 3.77. The second-order valence-electron chi connectivity index (χ2n) is 6.71. The van der Waals surface area contributed by atoms with Crippen molar-refractivity contribution in [2.24, 2.45) is 0 Å². The molecule has 0 bridgehead atoms. The fourth-order valence-electron chi connectivity index (χ4n) is 4.11. The highest BCUT2D eigenvalue weighted by atomic mass is 16.5. The number of hydrogen-bond acceptors (Lipinski definition) is 3. The van der Waals surface area contributed by atoms with Gasteiger partial charge in [0.2, 0.25) is 0 Å². The third-order valence-corrected chi connectivity index (χ3v) is 5.18. The van der Waals surface area contributed by atoms with Crippen molar-refractivity contribution in [2.45, 2.75) is 50.7 Å². The molecule has 0 spiro atoms. The van der Waals surface area contributed by atoms with Crippen LogP contribution in [-0.2, 0) is 6.42 Å². The number of methoxy groups -OCH3 is 1. The molecule has 0 saturated carbocycles. The van der Waals surface area contributed by atoms with E-state index in [2.05, 4.69) is 49.3 Å². The molecule has 2 atom stereocenters. The fraction of sp³-hybridized carbons (Fsp3) is 0.647. The third-order valence-electron chi connectivity index (χ3n) is 5.18. The average Bonchev–Trinajstić information content (AvgIpc) is 2.96. The van der Waals surface area contributed by atoms with E-state index in [4.69, 9.17) is 4.74 Å². The van der Waals surface area contributed by atoms with Crippen molar-refractivity contribution in [3.05, 3.63) is 29.3 Å². The summed E-state index contributed by atoms with van der Waals surface area (Å²) < 4.78 is 5.39. The van der Waals surface area contributed by atoms with Gasteiger partial charge in [-0.25, -0.2) is 0 Å². The van der Waals surface area contributed by atoms with Crippen molar-refractivity contribution in [1.82, 2.24) is 10.2 Å². The maximum Gasteiger partial charge on any atom is 0.119 e. The van der Waals surface area contributed by atoms with E-state index < -0.39 is 0 Å². The first-order chi connectivity index (χ1) is 9.56. The predicted octanol–water partition coefficient (Wildman–Crippen LogP) is 2.75. The zero-order chi connectivity index (χ0) is 14.3. The van der Waals surface area contributed by atoms with E-state index in [-0.39, 0.29) is 0 Å². The first-order valence-electron chi connectivity index (χ1n) is 7.67. The number of likely N-dealkylation sites (N-methyl/N-ethyl adjacent to an activating group) is 1. The Kier molecular flexibility index (Phi) is 3.51. The van der Waals surface area contributed by atoms with Gasteiger partial charge in [0.15, 0.2) is 0 Å². The molecule has 1 heterocycles. The van der Waals surface area contributed by atoms with Gasteiger partial charge in [0.05, 0.1) is 7.11 Å². The van der Waals surface area contributed by atoms with Crippen molar-refractivity contribution >= 4 is 0 Å². The first kappa shape index (κ1) is 13.9. The number of fused-ring (bicyclic) bond motifs is 1. The molecule has 0 aromatic heterocycles. The highest BCUT2D eigenvalue weighted by Crippen LogP contribution is 2.41. The van der Waals surface area contributed by atoms with Gasteiger partial charge in [0.25, 0.3) is 0 Å². The zero-order valence-electron chi connectivity index (χ0n) is 13.1. The number of nitrogens with zero attached hydrogens (tertiary/aromatic N) is 1. The maximum atomic E-state index is 5.39. The second kappa shape index (κ2) is 5.05. The van der Waals surface area contributed by atoms with Gasteiger partial charge in [-0.15, -0.1) is 0 Å². The Balaban J connectivity index is 1.92. The monoisotopic (exact) mass is 274 g/mol. The summed E-state index contributed by atoms with van der Waals surface area (Å²) in [5, 5.41) is 3.54. The van der Waals surface area contributed by atoms with Crippen molar-refractivity contribution in [1.29, 1.82) is 0 Å². The SMILES string of the molecule is CNC1c2cc(OC)ccc2CC1N1CCCC1(C)C. The van der Waals surface area contributed by atoms with Gasteiger partial charge in [0.1, 0.15) is 5.75 Å². The molecular formula is C17H26N2O. The van der Waals surface area contributed by atoms with Crippen LogP contribution in [0.4, 0.5) is 0 Å². The summed E-state index contributed by atoms with van der Waals surface area (Å²) in [7, 11) is 3.82. The van der Waals surface area contributed by atoms with Crippen LogP contribution in [0.25, 0.3) is 0 Å². The van der Waals surface area contributed by atoms with Gasteiger partial charge in [0, 0.05) is 17.6 Å². The third kappa shape index (κ3) is 2.13.